The van der Waals surface area contributed by atoms with E-state index in [1.165, 1.54) is 30.0 Å². The zero-order chi connectivity index (χ0) is 20.3. The molecule has 0 saturated carbocycles. The fraction of sp³-hybridized carbons (Fsp3) is 0.400. The molecule has 1 saturated heterocycles. The molecule has 7 nitrogen and oxygen atoms in total. The molecule has 0 bridgehead atoms. The number of hydrogen-bond donors (Lipinski definition) is 1. The number of nitriles is 1. The number of carbonyl (C=O) groups is 1. The second kappa shape index (κ2) is 8.31. The predicted molar refractivity (Wildman–Crippen MR) is 102 cm³/mol. The number of anilines is 1. The molecule has 1 fully saturated rings. The van der Waals surface area contributed by atoms with Gasteiger partial charge < -0.3 is 24.7 Å². The van der Waals surface area contributed by atoms with Crippen LogP contribution in [-0.4, -0.2) is 49.3 Å². The van der Waals surface area contributed by atoms with Gasteiger partial charge in [-0.25, -0.2) is 9.18 Å². The Morgan fingerprint density at radius 1 is 1.39 bits per heavy atom. The van der Waals surface area contributed by atoms with Crippen LogP contribution in [0.2, 0.25) is 0 Å². The standard InChI is InChI=1S/C20H23FN4O3/c1-24-8-6-13(7-9-24)12-28-19-15(21)4-3-5-16(19)25-11-14(10-22)17(23)18(25)20(26)27-2/h3-5,11,13H,6-9,12,23H2,1-2H3. The summed E-state index contributed by atoms with van der Waals surface area (Å²) in [5.74, 6) is -0.921. The van der Waals surface area contributed by atoms with Crippen molar-refractivity contribution in [1.82, 2.24) is 9.47 Å². The highest BCUT2D eigenvalue weighted by molar-refractivity contribution is 5.96. The topological polar surface area (TPSA) is 93.5 Å². The lowest BCUT2D eigenvalue weighted by Gasteiger charge is -2.29. The molecule has 1 aromatic heterocycles. The zero-order valence-corrected chi connectivity index (χ0v) is 15.9. The summed E-state index contributed by atoms with van der Waals surface area (Å²) in [7, 11) is 3.29. The lowest BCUT2D eigenvalue weighted by Crippen LogP contribution is -2.32. The number of para-hydroxylation sites is 1. The Balaban J connectivity index is 1.96. The molecule has 28 heavy (non-hydrogen) atoms. The van der Waals surface area contributed by atoms with Gasteiger partial charge in [0.05, 0.1) is 30.7 Å². The number of benzene rings is 1. The molecule has 0 atom stereocenters. The average Bonchev–Trinajstić information content (AvgIpc) is 3.03. The first kappa shape index (κ1) is 19.7. The highest BCUT2D eigenvalue weighted by Gasteiger charge is 2.25. The Labute approximate surface area is 163 Å². The van der Waals surface area contributed by atoms with Crippen LogP contribution in [0.3, 0.4) is 0 Å². The number of carbonyl (C=O) groups excluding carboxylic acids is 1. The van der Waals surface area contributed by atoms with Gasteiger partial charge in [-0.3, -0.25) is 0 Å². The van der Waals surface area contributed by atoms with E-state index in [-0.39, 0.29) is 22.7 Å². The molecule has 1 aliphatic heterocycles. The zero-order valence-electron chi connectivity index (χ0n) is 15.9. The quantitative estimate of drug-likeness (QED) is 0.794. The van der Waals surface area contributed by atoms with Crippen LogP contribution in [0.1, 0.15) is 28.9 Å². The number of nitrogens with zero attached hydrogens (tertiary/aromatic N) is 3. The van der Waals surface area contributed by atoms with E-state index in [0.717, 1.165) is 25.9 Å². The molecule has 1 aliphatic rings. The SMILES string of the molecule is COC(=O)c1c(N)c(C#N)cn1-c1cccc(F)c1OCC1CCN(C)CC1. The Kier molecular flexibility index (Phi) is 5.85. The maximum atomic E-state index is 14.6. The summed E-state index contributed by atoms with van der Waals surface area (Å²) in [5.41, 5.74) is 6.29. The number of methoxy groups -OCH3 is 1. The first-order chi connectivity index (χ1) is 13.5. The number of ether oxygens (including phenoxy) is 2. The number of hydrogen-bond acceptors (Lipinski definition) is 6. The summed E-state index contributed by atoms with van der Waals surface area (Å²) in [5, 5.41) is 9.27. The van der Waals surface area contributed by atoms with Gasteiger partial charge in [-0.15, -0.1) is 0 Å². The average molecular weight is 386 g/mol. The maximum absolute atomic E-state index is 14.6. The van der Waals surface area contributed by atoms with E-state index >= 15 is 0 Å². The number of esters is 1. The monoisotopic (exact) mass is 386 g/mol. The van der Waals surface area contributed by atoms with Crippen molar-refractivity contribution in [3.8, 4) is 17.5 Å². The smallest absolute Gasteiger partial charge is 0.357 e. The van der Waals surface area contributed by atoms with Crippen LogP contribution < -0.4 is 10.5 Å². The van der Waals surface area contributed by atoms with Crippen molar-refractivity contribution < 1.29 is 18.7 Å². The van der Waals surface area contributed by atoms with Gasteiger partial charge >= 0.3 is 5.97 Å². The van der Waals surface area contributed by atoms with Crippen LogP contribution in [0.4, 0.5) is 10.1 Å². The molecule has 0 spiro atoms. The van der Waals surface area contributed by atoms with Crippen molar-refractivity contribution in [1.29, 1.82) is 5.26 Å². The fourth-order valence-corrected chi connectivity index (χ4v) is 3.36. The van der Waals surface area contributed by atoms with E-state index in [4.69, 9.17) is 15.2 Å². The van der Waals surface area contributed by atoms with Gasteiger partial charge in [-0.2, -0.15) is 5.26 Å². The number of aromatic nitrogens is 1. The van der Waals surface area contributed by atoms with Crippen LogP contribution in [0.5, 0.6) is 5.75 Å². The molecule has 0 radical (unpaired) electrons. The van der Waals surface area contributed by atoms with Crippen molar-refractivity contribution in [3.05, 3.63) is 41.5 Å². The molecule has 1 aromatic carbocycles. The van der Waals surface area contributed by atoms with E-state index in [1.54, 1.807) is 6.07 Å². The molecule has 0 amide bonds. The molecule has 2 aromatic rings. The van der Waals surface area contributed by atoms with Crippen LogP contribution in [0.25, 0.3) is 5.69 Å². The van der Waals surface area contributed by atoms with Crippen molar-refractivity contribution in [2.24, 2.45) is 5.92 Å². The summed E-state index contributed by atoms with van der Waals surface area (Å²) in [6, 6.07) is 6.35. The van der Waals surface area contributed by atoms with E-state index in [9.17, 15) is 14.4 Å². The highest BCUT2D eigenvalue weighted by atomic mass is 19.1. The second-order valence-electron chi connectivity index (χ2n) is 6.92. The van der Waals surface area contributed by atoms with E-state index in [2.05, 4.69) is 11.9 Å². The molecule has 2 N–H and O–H groups in total. The maximum Gasteiger partial charge on any atom is 0.357 e. The summed E-state index contributed by atoms with van der Waals surface area (Å²) in [4.78, 5) is 14.5. The lowest BCUT2D eigenvalue weighted by atomic mass is 9.98. The van der Waals surface area contributed by atoms with E-state index in [1.807, 2.05) is 6.07 Å². The Morgan fingerprint density at radius 3 is 2.75 bits per heavy atom. The second-order valence-corrected chi connectivity index (χ2v) is 6.92. The largest absolute Gasteiger partial charge is 0.488 e. The van der Waals surface area contributed by atoms with Crippen LogP contribution >= 0.6 is 0 Å². The number of nitrogens with two attached hydrogens (primary N) is 1. The Morgan fingerprint density at radius 2 is 2.11 bits per heavy atom. The summed E-state index contributed by atoms with van der Waals surface area (Å²) < 4.78 is 26.6. The van der Waals surface area contributed by atoms with Gasteiger partial charge in [0.1, 0.15) is 6.07 Å². The minimum atomic E-state index is -0.718. The first-order valence-corrected chi connectivity index (χ1v) is 9.05. The van der Waals surface area contributed by atoms with Crippen molar-refractivity contribution in [2.75, 3.05) is 39.6 Å². The molecular formula is C20H23FN4O3. The Bertz CT molecular complexity index is 911. The number of piperidine rings is 1. The lowest BCUT2D eigenvalue weighted by molar-refractivity contribution is 0.0593. The Hall–Kier alpha value is -3.05. The highest BCUT2D eigenvalue weighted by Crippen LogP contribution is 2.32. The normalized spacial score (nSPS) is 15.2. The third-order valence-corrected chi connectivity index (χ3v) is 5.05. The van der Waals surface area contributed by atoms with Crippen LogP contribution in [0.15, 0.2) is 24.4 Å². The molecule has 2 heterocycles. The minimum absolute atomic E-state index is 0.0140. The van der Waals surface area contributed by atoms with Gasteiger partial charge in [0.2, 0.25) is 0 Å². The molecule has 0 unspecified atom stereocenters. The first-order valence-electron chi connectivity index (χ1n) is 9.05. The summed E-state index contributed by atoms with van der Waals surface area (Å²) in [6.45, 7) is 2.33. The number of rotatable bonds is 5. The van der Waals surface area contributed by atoms with Gasteiger partial charge in [-0.1, -0.05) is 6.07 Å². The molecule has 8 heteroatoms. The summed E-state index contributed by atoms with van der Waals surface area (Å²) >= 11 is 0. The third kappa shape index (κ3) is 3.80. The number of likely N-dealkylation sites (tertiary alicyclic amines) is 1. The number of halogens is 1. The van der Waals surface area contributed by atoms with E-state index < -0.39 is 11.8 Å². The number of nitrogen functional groups attached to an aromatic ring is 1. The molecule has 148 valence electrons. The van der Waals surface area contributed by atoms with Gasteiger partial charge in [0.15, 0.2) is 17.3 Å². The fourth-order valence-electron chi connectivity index (χ4n) is 3.36. The molecule has 3 rings (SSSR count). The molecule has 0 aliphatic carbocycles. The van der Waals surface area contributed by atoms with Crippen molar-refractivity contribution in [3.63, 3.8) is 0 Å². The van der Waals surface area contributed by atoms with Gasteiger partial charge in [0, 0.05) is 6.20 Å². The van der Waals surface area contributed by atoms with E-state index in [0.29, 0.717) is 18.2 Å². The van der Waals surface area contributed by atoms with Crippen molar-refractivity contribution >= 4 is 11.7 Å². The van der Waals surface area contributed by atoms with Crippen LogP contribution in [-0.2, 0) is 4.74 Å². The third-order valence-electron chi connectivity index (χ3n) is 5.05. The minimum Gasteiger partial charge on any atom is -0.488 e. The molecular weight excluding hydrogens is 363 g/mol. The summed E-state index contributed by atoms with van der Waals surface area (Å²) in [6.07, 6.45) is 3.34. The van der Waals surface area contributed by atoms with Gasteiger partial charge in [-0.05, 0) is 51.0 Å². The van der Waals surface area contributed by atoms with Crippen molar-refractivity contribution in [2.45, 2.75) is 12.8 Å². The van der Waals surface area contributed by atoms with Crippen LogP contribution in [0, 0.1) is 23.1 Å². The van der Waals surface area contributed by atoms with Gasteiger partial charge in [0.25, 0.3) is 0 Å². The predicted octanol–water partition coefficient (Wildman–Crippen LogP) is 2.58.